The summed E-state index contributed by atoms with van der Waals surface area (Å²) >= 11 is 0. The molecule has 35 heavy (non-hydrogen) atoms. The minimum Gasteiger partial charge on any atom is -0.508 e. The van der Waals surface area contributed by atoms with Gasteiger partial charge in [-0.25, -0.2) is 0 Å². The predicted octanol–water partition coefficient (Wildman–Crippen LogP) is 7.86. The van der Waals surface area contributed by atoms with Crippen molar-refractivity contribution in [1.82, 2.24) is 0 Å². The molecule has 0 fully saturated rings. The Morgan fingerprint density at radius 2 is 0.971 bits per heavy atom. The molecular formula is C33H34O2. The van der Waals surface area contributed by atoms with Crippen LogP contribution in [-0.2, 0) is 18.3 Å². The maximum Gasteiger partial charge on any atom is 0.118 e. The van der Waals surface area contributed by atoms with E-state index in [1.165, 1.54) is 22.3 Å². The van der Waals surface area contributed by atoms with E-state index in [1.54, 1.807) is 0 Å². The van der Waals surface area contributed by atoms with E-state index in [0.717, 1.165) is 35.1 Å². The van der Waals surface area contributed by atoms with E-state index in [9.17, 15) is 10.2 Å². The van der Waals surface area contributed by atoms with E-state index < -0.39 is 5.41 Å². The molecular weight excluding hydrogens is 428 g/mol. The highest BCUT2D eigenvalue weighted by Gasteiger charge is 2.46. The molecule has 2 nitrogen and oxygen atoms in total. The van der Waals surface area contributed by atoms with Gasteiger partial charge in [0.05, 0.1) is 5.41 Å². The maximum absolute atomic E-state index is 10.7. The Morgan fingerprint density at radius 3 is 1.37 bits per heavy atom. The molecule has 4 aromatic rings. The molecule has 1 aliphatic carbocycles. The van der Waals surface area contributed by atoms with Crippen LogP contribution in [0.4, 0.5) is 0 Å². The van der Waals surface area contributed by atoms with Gasteiger partial charge in [0.1, 0.15) is 11.5 Å². The Labute approximate surface area is 208 Å². The lowest BCUT2D eigenvalue weighted by Crippen LogP contribution is -2.29. The van der Waals surface area contributed by atoms with Gasteiger partial charge in [0.2, 0.25) is 0 Å². The Kier molecular flexibility index (Phi) is 5.92. The van der Waals surface area contributed by atoms with Crippen molar-refractivity contribution in [2.75, 3.05) is 0 Å². The molecule has 178 valence electrons. The van der Waals surface area contributed by atoms with Crippen molar-refractivity contribution in [2.45, 2.75) is 46.0 Å². The zero-order chi connectivity index (χ0) is 24.7. The molecule has 5 rings (SSSR count). The first-order chi connectivity index (χ1) is 16.8. The monoisotopic (exact) mass is 462 g/mol. The normalized spacial score (nSPS) is 13.8. The second-order valence-corrected chi connectivity index (χ2v) is 10.7. The van der Waals surface area contributed by atoms with Crippen LogP contribution < -0.4 is 0 Å². The van der Waals surface area contributed by atoms with Gasteiger partial charge < -0.3 is 10.2 Å². The maximum atomic E-state index is 10.7. The zero-order valence-corrected chi connectivity index (χ0v) is 21.0. The lowest BCUT2D eigenvalue weighted by atomic mass is 9.67. The van der Waals surface area contributed by atoms with Crippen molar-refractivity contribution >= 4 is 0 Å². The summed E-state index contributed by atoms with van der Waals surface area (Å²) in [5.74, 6) is 1.56. The highest BCUT2D eigenvalue weighted by Crippen LogP contribution is 2.56. The Morgan fingerprint density at radius 1 is 0.571 bits per heavy atom. The SMILES string of the molecule is CC(C)Cc1cc(C2(c3ccc(O)c(CC(C)C)c3)c3ccccc3-c3ccccc32)ccc1O. The molecule has 0 amide bonds. The summed E-state index contributed by atoms with van der Waals surface area (Å²) in [6.07, 6.45) is 1.63. The first-order valence-corrected chi connectivity index (χ1v) is 12.7. The van der Waals surface area contributed by atoms with Crippen LogP contribution in [0.1, 0.15) is 61.1 Å². The number of hydrogen-bond acceptors (Lipinski definition) is 2. The average Bonchev–Trinajstić information content (AvgIpc) is 3.13. The number of hydrogen-bond donors (Lipinski definition) is 2. The Balaban J connectivity index is 1.87. The van der Waals surface area contributed by atoms with Gasteiger partial charge in [-0.15, -0.1) is 0 Å². The van der Waals surface area contributed by atoms with Crippen LogP contribution in [0.2, 0.25) is 0 Å². The second kappa shape index (κ2) is 8.92. The molecule has 0 bridgehead atoms. The van der Waals surface area contributed by atoms with Gasteiger partial charge in [0, 0.05) is 0 Å². The van der Waals surface area contributed by atoms with Crippen molar-refractivity contribution in [1.29, 1.82) is 0 Å². The van der Waals surface area contributed by atoms with Crippen molar-refractivity contribution in [3.8, 4) is 22.6 Å². The molecule has 0 heterocycles. The largest absolute Gasteiger partial charge is 0.508 e. The summed E-state index contributed by atoms with van der Waals surface area (Å²) in [6, 6.07) is 29.6. The minimum atomic E-state index is -0.536. The molecule has 2 N–H and O–H groups in total. The van der Waals surface area contributed by atoms with Crippen LogP contribution in [0.5, 0.6) is 11.5 Å². The fraction of sp³-hybridized carbons (Fsp3) is 0.273. The number of rotatable bonds is 6. The second-order valence-electron chi connectivity index (χ2n) is 10.7. The lowest BCUT2D eigenvalue weighted by Gasteiger charge is -2.35. The first-order valence-electron chi connectivity index (χ1n) is 12.7. The number of phenolic OH excluding ortho intramolecular Hbond substituents is 2. The predicted molar refractivity (Wildman–Crippen MR) is 144 cm³/mol. The van der Waals surface area contributed by atoms with Crippen molar-refractivity contribution in [3.05, 3.63) is 118 Å². The van der Waals surface area contributed by atoms with Crippen LogP contribution in [0, 0.1) is 11.8 Å². The molecule has 0 radical (unpaired) electrons. The summed E-state index contributed by atoms with van der Waals surface area (Å²) in [4.78, 5) is 0. The fourth-order valence-corrected chi connectivity index (χ4v) is 5.87. The number of phenols is 2. The number of aromatic hydroxyl groups is 2. The molecule has 0 aliphatic heterocycles. The van der Waals surface area contributed by atoms with Crippen LogP contribution in [0.25, 0.3) is 11.1 Å². The molecule has 0 saturated carbocycles. The van der Waals surface area contributed by atoms with E-state index in [-0.39, 0.29) is 0 Å². The molecule has 0 saturated heterocycles. The van der Waals surface area contributed by atoms with Crippen LogP contribution >= 0.6 is 0 Å². The van der Waals surface area contributed by atoms with Gasteiger partial charge in [-0.1, -0.05) is 100 Å². The van der Waals surface area contributed by atoms with Gasteiger partial charge >= 0.3 is 0 Å². The number of fused-ring (bicyclic) bond motifs is 3. The molecule has 0 spiro atoms. The molecule has 2 heteroatoms. The van der Waals surface area contributed by atoms with Crippen molar-refractivity contribution in [3.63, 3.8) is 0 Å². The van der Waals surface area contributed by atoms with Gasteiger partial charge in [-0.3, -0.25) is 0 Å². The lowest BCUT2D eigenvalue weighted by molar-refractivity contribution is 0.461. The van der Waals surface area contributed by atoms with E-state index in [1.807, 2.05) is 12.1 Å². The van der Waals surface area contributed by atoms with E-state index >= 15 is 0 Å². The highest BCUT2D eigenvalue weighted by molar-refractivity contribution is 5.86. The summed E-state index contributed by atoms with van der Waals surface area (Å²) < 4.78 is 0. The average molecular weight is 463 g/mol. The van der Waals surface area contributed by atoms with E-state index in [2.05, 4.69) is 100 Å². The molecule has 0 atom stereocenters. The molecule has 4 aromatic carbocycles. The summed E-state index contributed by atoms with van der Waals surface area (Å²) in [7, 11) is 0. The van der Waals surface area contributed by atoms with Crippen molar-refractivity contribution < 1.29 is 10.2 Å². The topological polar surface area (TPSA) is 40.5 Å². The fourth-order valence-electron chi connectivity index (χ4n) is 5.87. The van der Waals surface area contributed by atoms with Gasteiger partial charge in [-0.05, 0) is 81.3 Å². The smallest absolute Gasteiger partial charge is 0.118 e. The highest BCUT2D eigenvalue weighted by atomic mass is 16.3. The zero-order valence-electron chi connectivity index (χ0n) is 21.0. The third-order valence-corrected chi connectivity index (χ3v) is 7.23. The third kappa shape index (κ3) is 3.82. The Bertz CT molecular complexity index is 1270. The van der Waals surface area contributed by atoms with Crippen LogP contribution in [-0.4, -0.2) is 10.2 Å². The van der Waals surface area contributed by atoms with Gasteiger partial charge in [0.25, 0.3) is 0 Å². The molecule has 0 aromatic heterocycles. The van der Waals surface area contributed by atoms with E-state index in [4.69, 9.17) is 0 Å². The van der Waals surface area contributed by atoms with E-state index in [0.29, 0.717) is 23.3 Å². The Hall–Kier alpha value is -3.52. The number of benzene rings is 4. The minimum absolute atomic E-state index is 0.350. The standard InChI is InChI=1S/C33H34O2/c1-21(2)17-23-19-25(13-15-31(23)34)33(26-14-16-32(35)24(20-26)18-22(3)4)29-11-7-5-9-27(29)28-10-6-8-12-30(28)33/h5-16,19-22,34-35H,17-18H2,1-4H3. The first kappa shape index (κ1) is 23.2. The summed E-state index contributed by atoms with van der Waals surface area (Å²) in [5.41, 5.74) is 8.65. The quantitative estimate of drug-likeness (QED) is 0.270. The third-order valence-electron chi connectivity index (χ3n) is 7.23. The summed E-state index contributed by atoms with van der Waals surface area (Å²) in [6.45, 7) is 8.72. The van der Waals surface area contributed by atoms with Crippen molar-refractivity contribution in [2.24, 2.45) is 11.8 Å². The summed E-state index contributed by atoms with van der Waals surface area (Å²) in [5, 5.41) is 21.4. The molecule has 0 unspecified atom stereocenters. The van der Waals surface area contributed by atoms with Gasteiger partial charge in [-0.2, -0.15) is 0 Å². The van der Waals surface area contributed by atoms with Crippen LogP contribution in [0.3, 0.4) is 0 Å². The van der Waals surface area contributed by atoms with Gasteiger partial charge in [0.15, 0.2) is 0 Å². The molecule has 1 aliphatic rings. The van der Waals surface area contributed by atoms with Crippen LogP contribution in [0.15, 0.2) is 84.9 Å².